The average Bonchev–Trinajstić information content (AvgIpc) is 2.11. The van der Waals surface area contributed by atoms with E-state index in [4.69, 9.17) is 10.5 Å². The summed E-state index contributed by atoms with van der Waals surface area (Å²) in [5, 5.41) is 0. The van der Waals surface area contributed by atoms with Crippen LogP contribution in [0.5, 0.6) is 5.75 Å². The van der Waals surface area contributed by atoms with Gasteiger partial charge in [-0.3, -0.25) is 4.79 Å². The third-order valence-electron chi connectivity index (χ3n) is 1.85. The van der Waals surface area contributed by atoms with E-state index in [1.165, 1.54) is 19.1 Å². The summed E-state index contributed by atoms with van der Waals surface area (Å²) in [5.41, 5.74) is 5.78. The number of amides is 1. The minimum Gasteiger partial charge on any atom is -0.481 e. The molecule has 0 aliphatic rings. The first-order valence-corrected chi connectivity index (χ1v) is 4.23. The van der Waals surface area contributed by atoms with Crippen LogP contribution in [-0.4, -0.2) is 12.0 Å². The fraction of sp³-hybridized carbons (Fsp3) is 0.300. The van der Waals surface area contributed by atoms with Gasteiger partial charge in [-0.2, -0.15) is 0 Å². The van der Waals surface area contributed by atoms with Gasteiger partial charge in [0, 0.05) is 6.07 Å². The van der Waals surface area contributed by atoms with Crippen molar-refractivity contribution in [1.29, 1.82) is 0 Å². The number of aryl methyl sites for hydroxylation is 1. The molecule has 1 amide bonds. The average molecular weight is 197 g/mol. The number of primary amides is 1. The Bertz CT molecular complexity index is 352. The van der Waals surface area contributed by atoms with Crippen LogP contribution in [0.25, 0.3) is 0 Å². The second-order valence-electron chi connectivity index (χ2n) is 3.07. The van der Waals surface area contributed by atoms with Crippen LogP contribution in [0, 0.1) is 12.7 Å². The highest BCUT2D eigenvalue weighted by molar-refractivity contribution is 5.78. The van der Waals surface area contributed by atoms with Gasteiger partial charge in [-0.25, -0.2) is 4.39 Å². The summed E-state index contributed by atoms with van der Waals surface area (Å²) < 4.78 is 18.0. The van der Waals surface area contributed by atoms with E-state index in [1.807, 2.05) is 0 Å². The maximum absolute atomic E-state index is 12.8. The molecule has 0 bridgehead atoms. The Morgan fingerprint density at radius 2 is 2.21 bits per heavy atom. The van der Waals surface area contributed by atoms with Crippen molar-refractivity contribution >= 4 is 5.91 Å². The number of nitrogens with two attached hydrogens (primary N) is 1. The molecule has 0 spiro atoms. The zero-order valence-corrected chi connectivity index (χ0v) is 8.08. The molecule has 0 saturated carbocycles. The van der Waals surface area contributed by atoms with Gasteiger partial charge < -0.3 is 10.5 Å². The van der Waals surface area contributed by atoms with E-state index in [-0.39, 0.29) is 0 Å². The van der Waals surface area contributed by atoms with Crippen LogP contribution < -0.4 is 10.5 Å². The van der Waals surface area contributed by atoms with Crippen molar-refractivity contribution in [3.63, 3.8) is 0 Å². The second-order valence-corrected chi connectivity index (χ2v) is 3.07. The fourth-order valence-electron chi connectivity index (χ4n) is 0.949. The molecule has 2 N–H and O–H groups in total. The Balaban J connectivity index is 2.85. The lowest BCUT2D eigenvalue weighted by molar-refractivity contribution is -0.124. The molecular formula is C10H12FNO2. The molecule has 0 saturated heterocycles. The SMILES string of the molecule is Cc1ccc(F)cc1OC(C)C(N)=O. The lowest BCUT2D eigenvalue weighted by Crippen LogP contribution is -2.30. The van der Waals surface area contributed by atoms with Crippen LogP contribution in [0.1, 0.15) is 12.5 Å². The zero-order valence-electron chi connectivity index (χ0n) is 8.08. The minimum absolute atomic E-state index is 0.344. The topological polar surface area (TPSA) is 52.3 Å². The van der Waals surface area contributed by atoms with Crippen molar-refractivity contribution in [2.75, 3.05) is 0 Å². The van der Waals surface area contributed by atoms with Gasteiger partial charge in [-0.15, -0.1) is 0 Å². The van der Waals surface area contributed by atoms with Crippen molar-refractivity contribution in [2.45, 2.75) is 20.0 Å². The zero-order chi connectivity index (χ0) is 10.7. The maximum Gasteiger partial charge on any atom is 0.258 e. The summed E-state index contributed by atoms with van der Waals surface area (Å²) in [4.78, 5) is 10.7. The molecule has 0 aliphatic carbocycles. The van der Waals surface area contributed by atoms with Crippen LogP contribution in [0.2, 0.25) is 0 Å². The highest BCUT2D eigenvalue weighted by Crippen LogP contribution is 2.19. The molecule has 0 heterocycles. The van der Waals surface area contributed by atoms with E-state index in [0.29, 0.717) is 5.75 Å². The Morgan fingerprint density at radius 1 is 1.57 bits per heavy atom. The molecule has 1 atom stereocenters. The van der Waals surface area contributed by atoms with Crippen LogP contribution in [0.15, 0.2) is 18.2 Å². The third-order valence-corrected chi connectivity index (χ3v) is 1.85. The molecule has 0 aromatic heterocycles. The summed E-state index contributed by atoms with van der Waals surface area (Å²) >= 11 is 0. The van der Waals surface area contributed by atoms with E-state index >= 15 is 0 Å². The van der Waals surface area contributed by atoms with Crippen molar-refractivity contribution in [3.8, 4) is 5.75 Å². The van der Waals surface area contributed by atoms with Gasteiger partial charge in [0.1, 0.15) is 11.6 Å². The molecule has 0 fully saturated rings. The Labute approximate surface area is 81.7 Å². The van der Waals surface area contributed by atoms with Gasteiger partial charge in [-0.1, -0.05) is 6.07 Å². The van der Waals surface area contributed by atoms with Gasteiger partial charge in [0.05, 0.1) is 0 Å². The van der Waals surface area contributed by atoms with Crippen molar-refractivity contribution in [1.82, 2.24) is 0 Å². The van der Waals surface area contributed by atoms with E-state index in [1.54, 1.807) is 13.0 Å². The van der Waals surface area contributed by atoms with Crippen molar-refractivity contribution in [2.24, 2.45) is 5.73 Å². The predicted octanol–water partition coefficient (Wildman–Crippen LogP) is 1.39. The molecule has 76 valence electrons. The Hall–Kier alpha value is -1.58. The standard InChI is InChI=1S/C10H12FNO2/c1-6-3-4-8(11)5-9(6)14-7(2)10(12)13/h3-5,7H,1-2H3,(H2,12,13). The predicted molar refractivity (Wildman–Crippen MR) is 50.4 cm³/mol. The smallest absolute Gasteiger partial charge is 0.258 e. The molecule has 1 aromatic carbocycles. The van der Waals surface area contributed by atoms with E-state index < -0.39 is 17.8 Å². The minimum atomic E-state index is -0.754. The number of rotatable bonds is 3. The third kappa shape index (κ3) is 2.45. The number of carbonyl (C=O) groups is 1. The normalized spacial score (nSPS) is 12.2. The second kappa shape index (κ2) is 4.09. The van der Waals surface area contributed by atoms with Crippen molar-refractivity contribution < 1.29 is 13.9 Å². The van der Waals surface area contributed by atoms with E-state index in [9.17, 15) is 9.18 Å². The number of ether oxygens (including phenoxy) is 1. The molecule has 14 heavy (non-hydrogen) atoms. The fourth-order valence-corrected chi connectivity index (χ4v) is 0.949. The van der Waals surface area contributed by atoms with Crippen LogP contribution in [0.4, 0.5) is 4.39 Å². The molecule has 0 radical (unpaired) electrons. The van der Waals surface area contributed by atoms with Crippen LogP contribution in [0.3, 0.4) is 0 Å². The first-order chi connectivity index (χ1) is 6.50. The summed E-state index contributed by atoms with van der Waals surface area (Å²) in [7, 11) is 0. The highest BCUT2D eigenvalue weighted by atomic mass is 19.1. The summed E-state index contributed by atoms with van der Waals surface area (Å²) in [6.45, 7) is 3.29. The number of carbonyl (C=O) groups excluding carboxylic acids is 1. The molecular weight excluding hydrogens is 185 g/mol. The lowest BCUT2D eigenvalue weighted by atomic mass is 10.2. The largest absolute Gasteiger partial charge is 0.481 e. The number of benzene rings is 1. The first-order valence-electron chi connectivity index (χ1n) is 4.23. The van der Waals surface area contributed by atoms with Gasteiger partial charge in [-0.05, 0) is 25.5 Å². The van der Waals surface area contributed by atoms with Gasteiger partial charge in [0.15, 0.2) is 6.10 Å². The maximum atomic E-state index is 12.8. The number of hydrogen-bond donors (Lipinski definition) is 1. The lowest BCUT2D eigenvalue weighted by Gasteiger charge is -2.13. The molecule has 0 aliphatic heterocycles. The molecule has 1 aromatic rings. The highest BCUT2D eigenvalue weighted by Gasteiger charge is 2.11. The Kier molecular flexibility index (Phi) is 3.06. The van der Waals surface area contributed by atoms with E-state index in [0.717, 1.165) is 5.56 Å². The van der Waals surface area contributed by atoms with Crippen molar-refractivity contribution in [3.05, 3.63) is 29.6 Å². The van der Waals surface area contributed by atoms with Gasteiger partial charge in [0.25, 0.3) is 5.91 Å². The molecule has 3 nitrogen and oxygen atoms in total. The van der Waals surface area contributed by atoms with Crippen LogP contribution in [-0.2, 0) is 4.79 Å². The molecule has 1 rings (SSSR count). The monoisotopic (exact) mass is 197 g/mol. The molecule has 1 unspecified atom stereocenters. The van der Waals surface area contributed by atoms with Gasteiger partial charge in [0.2, 0.25) is 0 Å². The number of halogens is 1. The Morgan fingerprint density at radius 3 is 2.79 bits per heavy atom. The summed E-state index contributed by atoms with van der Waals surface area (Å²) in [6.07, 6.45) is -0.754. The summed E-state index contributed by atoms with van der Waals surface area (Å²) in [6, 6.07) is 4.14. The van der Waals surface area contributed by atoms with Gasteiger partial charge >= 0.3 is 0 Å². The molecule has 4 heteroatoms. The summed E-state index contributed by atoms with van der Waals surface area (Å²) in [5.74, 6) is -0.632. The quantitative estimate of drug-likeness (QED) is 0.796. The first kappa shape index (κ1) is 10.5. The van der Waals surface area contributed by atoms with E-state index in [2.05, 4.69) is 0 Å². The van der Waals surface area contributed by atoms with Crippen LogP contribution >= 0.6 is 0 Å². The number of hydrogen-bond acceptors (Lipinski definition) is 2.